The molecule has 0 aliphatic heterocycles. The van der Waals surface area contributed by atoms with Gasteiger partial charge in [-0.25, -0.2) is 18.0 Å². The van der Waals surface area contributed by atoms with Crippen LogP contribution in [0, 0.1) is 6.92 Å². The van der Waals surface area contributed by atoms with Gasteiger partial charge in [-0.1, -0.05) is 12.1 Å². The number of sulfonamides is 1. The number of thiophene rings is 1. The second-order valence-corrected chi connectivity index (χ2v) is 8.32. The van der Waals surface area contributed by atoms with E-state index in [9.17, 15) is 23.1 Å². The summed E-state index contributed by atoms with van der Waals surface area (Å²) in [6, 6.07) is 6.51. The summed E-state index contributed by atoms with van der Waals surface area (Å²) in [6.07, 6.45) is 0. The fraction of sp³-hybridized carbons (Fsp3) is 0.250. The highest BCUT2D eigenvalue weighted by molar-refractivity contribution is 7.92. The third-order valence-electron chi connectivity index (χ3n) is 3.40. The number of aliphatic carboxylic acids is 1. The van der Waals surface area contributed by atoms with Crippen LogP contribution < -0.4 is 9.46 Å². The molecule has 0 amide bonds. The Kier molecular flexibility index (Phi) is 5.88. The lowest BCUT2D eigenvalue weighted by atomic mass is 10.1. The maximum atomic E-state index is 11.7. The summed E-state index contributed by atoms with van der Waals surface area (Å²) in [5.41, 5.74) is 1.42. The lowest BCUT2D eigenvalue weighted by Crippen LogP contribution is -2.14. The Bertz CT molecular complexity index is 948. The van der Waals surface area contributed by atoms with Crippen molar-refractivity contribution in [2.24, 2.45) is 0 Å². The molecule has 1 aromatic heterocycles. The quantitative estimate of drug-likeness (QED) is 0.622. The third kappa shape index (κ3) is 4.52. The van der Waals surface area contributed by atoms with E-state index in [0.717, 1.165) is 11.3 Å². The lowest BCUT2D eigenvalue weighted by Gasteiger charge is -2.08. The topological polar surface area (TPSA) is 130 Å². The Hall–Kier alpha value is -2.59. The van der Waals surface area contributed by atoms with Gasteiger partial charge in [-0.2, -0.15) is 0 Å². The molecule has 0 spiro atoms. The van der Waals surface area contributed by atoms with Crippen LogP contribution in [0.4, 0.5) is 5.69 Å². The predicted molar refractivity (Wildman–Crippen MR) is 97.7 cm³/mol. The van der Waals surface area contributed by atoms with E-state index < -0.39 is 28.6 Å². The Morgan fingerprint density at radius 2 is 1.96 bits per heavy atom. The molecule has 0 radical (unpaired) electrons. The van der Waals surface area contributed by atoms with Gasteiger partial charge in [0.1, 0.15) is 5.75 Å². The molecule has 2 aromatic rings. The van der Waals surface area contributed by atoms with E-state index in [1.807, 2.05) is 0 Å². The Morgan fingerprint density at radius 3 is 2.54 bits per heavy atom. The molecule has 26 heavy (non-hydrogen) atoms. The summed E-state index contributed by atoms with van der Waals surface area (Å²) in [4.78, 5) is 22.6. The molecule has 0 atom stereocenters. The molecule has 0 saturated carbocycles. The molecule has 0 fully saturated rings. The zero-order valence-electron chi connectivity index (χ0n) is 14.0. The summed E-state index contributed by atoms with van der Waals surface area (Å²) in [5.74, 6) is -2.53. The first-order valence-corrected chi connectivity index (χ1v) is 9.93. The molecule has 1 aromatic carbocycles. The number of benzene rings is 1. The number of nitrogens with one attached hydrogen (secondary N) is 1. The molecular weight excluding hydrogens is 382 g/mol. The number of anilines is 1. The van der Waals surface area contributed by atoms with Crippen LogP contribution >= 0.6 is 11.3 Å². The van der Waals surface area contributed by atoms with Gasteiger partial charge in [0.05, 0.1) is 5.75 Å². The predicted octanol–water partition coefficient (Wildman–Crippen LogP) is 2.65. The zero-order chi connectivity index (χ0) is 19.5. The molecule has 0 bridgehead atoms. The Labute approximate surface area is 154 Å². The van der Waals surface area contributed by atoms with E-state index in [1.165, 1.54) is 6.92 Å². The number of carbonyl (C=O) groups is 2. The lowest BCUT2D eigenvalue weighted by molar-refractivity contribution is -0.139. The van der Waals surface area contributed by atoms with Crippen molar-refractivity contribution in [2.45, 2.75) is 13.8 Å². The van der Waals surface area contributed by atoms with Crippen LogP contribution in [-0.2, 0) is 14.8 Å². The van der Waals surface area contributed by atoms with Crippen molar-refractivity contribution in [3.05, 3.63) is 34.7 Å². The van der Waals surface area contributed by atoms with E-state index in [-0.39, 0.29) is 16.4 Å². The highest BCUT2D eigenvalue weighted by Crippen LogP contribution is 2.42. The van der Waals surface area contributed by atoms with Crippen LogP contribution in [0.3, 0.4) is 0 Å². The smallest absolute Gasteiger partial charge is 0.349 e. The minimum absolute atomic E-state index is 0.000517. The van der Waals surface area contributed by atoms with Crippen molar-refractivity contribution in [3.63, 3.8) is 0 Å². The standard InChI is InChI=1S/C16H17NO7S2/c1-3-26(22,23)17-11-6-4-5-10(7-11)14-9(2)13(24-8-12(18)19)15(25-14)16(20)21/h4-7,17H,3,8H2,1-2H3,(H,18,19)(H,20,21). The van der Waals surface area contributed by atoms with Gasteiger partial charge in [0, 0.05) is 16.1 Å². The molecule has 10 heteroatoms. The van der Waals surface area contributed by atoms with Crippen LogP contribution in [0.15, 0.2) is 24.3 Å². The monoisotopic (exact) mass is 399 g/mol. The van der Waals surface area contributed by atoms with Gasteiger partial charge in [0.2, 0.25) is 10.0 Å². The number of carboxylic acids is 2. The van der Waals surface area contributed by atoms with Crippen molar-refractivity contribution in [1.29, 1.82) is 0 Å². The first kappa shape index (κ1) is 19.7. The summed E-state index contributed by atoms with van der Waals surface area (Å²) < 4.78 is 31.0. The zero-order valence-corrected chi connectivity index (χ0v) is 15.6. The molecule has 0 aliphatic carbocycles. The van der Waals surface area contributed by atoms with Gasteiger partial charge in [0.15, 0.2) is 11.5 Å². The Morgan fingerprint density at radius 1 is 1.27 bits per heavy atom. The SMILES string of the molecule is CCS(=O)(=O)Nc1cccc(-c2sc(C(=O)O)c(OCC(=O)O)c2C)c1. The average Bonchev–Trinajstić information content (AvgIpc) is 2.89. The van der Waals surface area contributed by atoms with Gasteiger partial charge in [-0.15, -0.1) is 11.3 Å². The van der Waals surface area contributed by atoms with Crippen molar-refractivity contribution >= 4 is 39.0 Å². The molecular formula is C16H17NO7S2. The van der Waals surface area contributed by atoms with Gasteiger partial charge in [-0.3, -0.25) is 4.72 Å². The van der Waals surface area contributed by atoms with E-state index in [4.69, 9.17) is 9.84 Å². The van der Waals surface area contributed by atoms with Crippen LogP contribution in [0.5, 0.6) is 5.75 Å². The summed E-state index contributed by atoms with van der Waals surface area (Å²) in [5, 5.41) is 18.1. The fourth-order valence-corrected chi connectivity index (χ4v) is 3.92. The van der Waals surface area contributed by atoms with E-state index in [2.05, 4.69) is 4.72 Å². The van der Waals surface area contributed by atoms with E-state index >= 15 is 0 Å². The number of hydrogen-bond acceptors (Lipinski definition) is 6. The summed E-state index contributed by atoms with van der Waals surface area (Å²) in [7, 11) is -3.45. The van der Waals surface area contributed by atoms with Crippen LogP contribution in [-0.4, -0.2) is 42.9 Å². The second kappa shape index (κ2) is 7.75. The average molecular weight is 399 g/mol. The molecule has 2 rings (SSSR count). The first-order chi connectivity index (χ1) is 12.1. The number of rotatable bonds is 8. The summed E-state index contributed by atoms with van der Waals surface area (Å²) in [6.45, 7) is 2.48. The van der Waals surface area contributed by atoms with Gasteiger partial charge >= 0.3 is 11.9 Å². The molecule has 0 unspecified atom stereocenters. The maximum Gasteiger partial charge on any atom is 0.349 e. The van der Waals surface area contributed by atoms with Crippen LogP contribution in [0.25, 0.3) is 10.4 Å². The molecule has 140 valence electrons. The van der Waals surface area contributed by atoms with Gasteiger partial charge < -0.3 is 14.9 Å². The molecule has 3 N–H and O–H groups in total. The highest BCUT2D eigenvalue weighted by atomic mass is 32.2. The minimum atomic E-state index is -3.45. The van der Waals surface area contributed by atoms with E-state index in [0.29, 0.717) is 21.7 Å². The van der Waals surface area contributed by atoms with Crippen molar-refractivity contribution < 1.29 is 33.0 Å². The molecule has 0 aliphatic rings. The van der Waals surface area contributed by atoms with E-state index in [1.54, 1.807) is 31.2 Å². The van der Waals surface area contributed by atoms with Crippen molar-refractivity contribution in [1.82, 2.24) is 0 Å². The van der Waals surface area contributed by atoms with Crippen LogP contribution in [0.2, 0.25) is 0 Å². The number of ether oxygens (including phenoxy) is 1. The first-order valence-electron chi connectivity index (χ1n) is 7.46. The molecule has 1 heterocycles. The maximum absolute atomic E-state index is 11.7. The minimum Gasteiger partial charge on any atom is -0.480 e. The number of hydrogen-bond donors (Lipinski definition) is 3. The normalized spacial score (nSPS) is 11.2. The fourth-order valence-electron chi connectivity index (χ4n) is 2.20. The third-order valence-corrected chi connectivity index (χ3v) is 6.02. The second-order valence-electron chi connectivity index (χ2n) is 5.29. The summed E-state index contributed by atoms with van der Waals surface area (Å²) >= 11 is 0.937. The molecule has 8 nitrogen and oxygen atoms in total. The largest absolute Gasteiger partial charge is 0.480 e. The Balaban J connectivity index is 2.47. The van der Waals surface area contributed by atoms with Crippen molar-refractivity contribution in [3.8, 4) is 16.2 Å². The van der Waals surface area contributed by atoms with Crippen LogP contribution in [0.1, 0.15) is 22.2 Å². The van der Waals surface area contributed by atoms with Gasteiger partial charge in [-0.05, 0) is 31.5 Å². The highest BCUT2D eigenvalue weighted by Gasteiger charge is 2.23. The van der Waals surface area contributed by atoms with Crippen molar-refractivity contribution in [2.75, 3.05) is 17.1 Å². The van der Waals surface area contributed by atoms with Gasteiger partial charge in [0.25, 0.3) is 0 Å². The number of carboxylic acid groups (broad SMARTS) is 2. The number of aromatic carboxylic acids is 1. The molecule has 0 saturated heterocycles.